The fourth-order valence-corrected chi connectivity index (χ4v) is 3.20. The van der Waals surface area contributed by atoms with E-state index in [1.54, 1.807) is 13.0 Å². The number of carbonyl (C=O) groups is 1. The van der Waals surface area contributed by atoms with Crippen molar-refractivity contribution in [3.63, 3.8) is 0 Å². The lowest BCUT2D eigenvalue weighted by Gasteiger charge is -2.15. The number of sulfonamides is 1. The summed E-state index contributed by atoms with van der Waals surface area (Å²) in [6.07, 6.45) is -0.593. The maximum atomic E-state index is 13.2. The summed E-state index contributed by atoms with van der Waals surface area (Å²) in [6.45, 7) is 1.61. The van der Waals surface area contributed by atoms with Gasteiger partial charge >= 0.3 is 5.97 Å². The highest BCUT2D eigenvalue weighted by molar-refractivity contribution is 7.89. The molecule has 1 aromatic carbocycles. The minimum absolute atomic E-state index is 0.0883. The molecule has 0 bridgehead atoms. The third kappa shape index (κ3) is 4.36. The van der Waals surface area contributed by atoms with E-state index < -0.39 is 45.0 Å². The van der Waals surface area contributed by atoms with Gasteiger partial charge in [0.05, 0.1) is 17.4 Å². The van der Waals surface area contributed by atoms with E-state index in [4.69, 9.17) is 9.52 Å². The van der Waals surface area contributed by atoms with E-state index in [1.165, 1.54) is 6.07 Å². The molecule has 0 saturated heterocycles. The molecule has 1 aromatic heterocycles. The first kappa shape index (κ1) is 17.1. The molecular formula is C14H13F2NO5S. The molecule has 0 aliphatic rings. The molecule has 9 heteroatoms. The van der Waals surface area contributed by atoms with Crippen LogP contribution in [0.1, 0.15) is 24.0 Å². The normalized spacial score (nSPS) is 13.0. The summed E-state index contributed by atoms with van der Waals surface area (Å²) in [4.78, 5) is 10.3. The van der Waals surface area contributed by atoms with Crippen molar-refractivity contribution in [3.05, 3.63) is 53.5 Å². The van der Waals surface area contributed by atoms with E-state index in [0.717, 1.165) is 0 Å². The molecule has 0 spiro atoms. The number of hydrogen-bond acceptors (Lipinski definition) is 4. The second-order valence-corrected chi connectivity index (χ2v) is 6.54. The topological polar surface area (TPSA) is 96.6 Å². The van der Waals surface area contributed by atoms with Crippen molar-refractivity contribution in [3.8, 4) is 0 Å². The monoisotopic (exact) mass is 345 g/mol. The van der Waals surface area contributed by atoms with Gasteiger partial charge in [-0.1, -0.05) is 0 Å². The van der Waals surface area contributed by atoms with Gasteiger partial charge in [0, 0.05) is 6.07 Å². The third-order valence-electron chi connectivity index (χ3n) is 2.93. The van der Waals surface area contributed by atoms with Gasteiger partial charge in [-0.15, -0.1) is 0 Å². The fourth-order valence-electron chi connectivity index (χ4n) is 1.95. The highest BCUT2D eigenvalue weighted by Gasteiger charge is 2.26. The predicted molar refractivity (Wildman–Crippen MR) is 75.1 cm³/mol. The third-order valence-corrected chi connectivity index (χ3v) is 4.38. The molecule has 0 fully saturated rings. The van der Waals surface area contributed by atoms with Crippen LogP contribution in [0.3, 0.4) is 0 Å². The van der Waals surface area contributed by atoms with Crippen molar-refractivity contribution >= 4 is 16.0 Å². The van der Waals surface area contributed by atoms with Crippen LogP contribution in [-0.2, 0) is 14.8 Å². The van der Waals surface area contributed by atoms with Crippen molar-refractivity contribution in [2.45, 2.75) is 24.3 Å². The Balaban J connectivity index is 2.35. The molecule has 0 aliphatic heterocycles. The van der Waals surface area contributed by atoms with Gasteiger partial charge in [0.2, 0.25) is 10.0 Å². The molecule has 0 saturated carbocycles. The number of aryl methyl sites for hydroxylation is 1. The quantitative estimate of drug-likeness (QED) is 0.838. The lowest BCUT2D eigenvalue weighted by atomic mass is 10.2. The van der Waals surface area contributed by atoms with E-state index in [-0.39, 0.29) is 5.76 Å². The van der Waals surface area contributed by atoms with Crippen LogP contribution in [0, 0.1) is 18.6 Å². The Morgan fingerprint density at radius 3 is 2.35 bits per heavy atom. The van der Waals surface area contributed by atoms with Crippen LogP contribution in [0.4, 0.5) is 8.78 Å². The van der Waals surface area contributed by atoms with Crippen molar-refractivity contribution in [2.75, 3.05) is 0 Å². The summed E-state index contributed by atoms with van der Waals surface area (Å²) in [5, 5.41) is 8.91. The summed E-state index contributed by atoms with van der Waals surface area (Å²) in [5.41, 5.74) is 0. The largest absolute Gasteiger partial charge is 0.481 e. The average molecular weight is 345 g/mol. The highest BCUT2D eigenvalue weighted by atomic mass is 32.2. The molecule has 0 aliphatic carbocycles. The average Bonchev–Trinajstić information content (AvgIpc) is 2.83. The number of aliphatic carboxylic acids is 1. The van der Waals surface area contributed by atoms with Crippen LogP contribution in [0.25, 0.3) is 0 Å². The molecule has 1 unspecified atom stereocenters. The van der Waals surface area contributed by atoms with Crippen LogP contribution in [0.15, 0.2) is 39.6 Å². The zero-order chi connectivity index (χ0) is 17.2. The Bertz CT molecular complexity index is 811. The number of carboxylic acid groups (broad SMARTS) is 1. The maximum Gasteiger partial charge on any atom is 0.305 e. The molecule has 2 rings (SSSR count). The van der Waals surface area contributed by atoms with Gasteiger partial charge in [0.1, 0.15) is 23.2 Å². The van der Waals surface area contributed by atoms with Crippen molar-refractivity contribution in [1.82, 2.24) is 4.72 Å². The molecule has 2 N–H and O–H groups in total. The number of furan rings is 1. The number of halogens is 2. The smallest absolute Gasteiger partial charge is 0.305 e. The number of hydrogen-bond donors (Lipinski definition) is 2. The SMILES string of the molecule is Cc1ccc(C(CC(=O)O)NS(=O)(=O)c2cc(F)cc(F)c2)o1. The van der Waals surface area contributed by atoms with Crippen LogP contribution in [0.5, 0.6) is 0 Å². The molecule has 6 nitrogen and oxygen atoms in total. The predicted octanol–water partition coefficient (Wildman–Crippen LogP) is 2.36. The second kappa shape index (κ2) is 6.47. The van der Waals surface area contributed by atoms with Crippen molar-refractivity contribution < 1.29 is 31.5 Å². The van der Waals surface area contributed by atoms with E-state index in [0.29, 0.717) is 24.0 Å². The Morgan fingerprint density at radius 2 is 1.87 bits per heavy atom. The Morgan fingerprint density at radius 1 is 1.26 bits per heavy atom. The molecular weight excluding hydrogens is 332 g/mol. The number of carboxylic acids is 1. The molecule has 0 radical (unpaired) electrons. The van der Waals surface area contributed by atoms with Gasteiger partial charge in [-0.2, -0.15) is 4.72 Å². The molecule has 1 atom stereocenters. The number of nitrogens with one attached hydrogen (secondary N) is 1. The van der Waals surface area contributed by atoms with Crippen molar-refractivity contribution in [2.24, 2.45) is 0 Å². The van der Waals surface area contributed by atoms with Gasteiger partial charge in [0.25, 0.3) is 0 Å². The van der Waals surface area contributed by atoms with Gasteiger partial charge in [0.15, 0.2) is 0 Å². The molecule has 1 heterocycles. The van der Waals surface area contributed by atoms with Crippen LogP contribution < -0.4 is 4.72 Å². The van der Waals surface area contributed by atoms with E-state index >= 15 is 0 Å². The second-order valence-electron chi connectivity index (χ2n) is 4.83. The Kier molecular flexibility index (Phi) is 4.81. The summed E-state index contributed by atoms with van der Waals surface area (Å²) < 4.78 is 58.2. The maximum absolute atomic E-state index is 13.2. The first-order valence-corrected chi connectivity index (χ1v) is 7.92. The summed E-state index contributed by atoms with van der Waals surface area (Å²) >= 11 is 0. The molecule has 124 valence electrons. The minimum atomic E-state index is -4.34. The standard InChI is InChI=1S/C14H13F2NO5S/c1-8-2-3-13(22-8)12(7-14(18)19)17-23(20,21)11-5-9(15)4-10(16)6-11/h2-6,12,17H,7H2,1H3,(H,18,19). The molecule has 0 amide bonds. The zero-order valence-electron chi connectivity index (χ0n) is 11.9. The first-order chi connectivity index (χ1) is 10.7. The highest BCUT2D eigenvalue weighted by Crippen LogP contribution is 2.23. The van der Waals surface area contributed by atoms with Gasteiger partial charge in [-0.25, -0.2) is 17.2 Å². The van der Waals surface area contributed by atoms with Crippen LogP contribution in [0.2, 0.25) is 0 Å². The van der Waals surface area contributed by atoms with E-state index in [1.807, 2.05) is 0 Å². The van der Waals surface area contributed by atoms with Gasteiger partial charge < -0.3 is 9.52 Å². The van der Waals surface area contributed by atoms with Crippen LogP contribution >= 0.6 is 0 Å². The summed E-state index contributed by atoms with van der Waals surface area (Å²) in [5.74, 6) is -2.84. The minimum Gasteiger partial charge on any atom is -0.481 e. The number of rotatable bonds is 6. The lowest BCUT2D eigenvalue weighted by molar-refractivity contribution is -0.137. The molecule has 2 aromatic rings. The first-order valence-electron chi connectivity index (χ1n) is 6.44. The fraction of sp³-hybridized carbons (Fsp3) is 0.214. The Labute approximate surface area is 130 Å². The van der Waals surface area contributed by atoms with Crippen LogP contribution in [-0.4, -0.2) is 19.5 Å². The van der Waals surface area contributed by atoms with E-state index in [9.17, 15) is 22.0 Å². The number of benzene rings is 1. The Hall–Kier alpha value is -2.26. The van der Waals surface area contributed by atoms with E-state index in [2.05, 4.69) is 4.72 Å². The van der Waals surface area contributed by atoms with Gasteiger partial charge in [-0.05, 0) is 31.2 Å². The zero-order valence-corrected chi connectivity index (χ0v) is 12.7. The summed E-state index contributed by atoms with van der Waals surface area (Å²) in [7, 11) is -4.34. The van der Waals surface area contributed by atoms with Gasteiger partial charge in [-0.3, -0.25) is 4.79 Å². The summed E-state index contributed by atoms with van der Waals surface area (Å²) in [6, 6.07) is 3.56. The lowest BCUT2D eigenvalue weighted by Crippen LogP contribution is -2.30. The van der Waals surface area contributed by atoms with Crippen molar-refractivity contribution in [1.29, 1.82) is 0 Å². The molecule has 23 heavy (non-hydrogen) atoms.